The monoisotopic (exact) mass is 332 g/mol. The number of methoxy groups -OCH3 is 1. The van der Waals surface area contributed by atoms with Crippen LogP contribution in [-0.2, 0) is 0 Å². The summed E-state index contributed by atoms with van der Waals surface area (Å²) >= 11 is 0. The first-order chi connectivity index (χ1) is 11.4. The van der Waals surface area contributed by atoms with Gasteiger partial charge in [0.1, 0.15) is 10.2 Å². The van der Waals surface area contributed by atoms with Crippen LogP contribution < -0.4 is 20.1 Å². The van der Waals surface area contributed by atoms with Crippen molar-refractivity contribution in [1.82, 2.24) is 4.73 Å². The van der Waals surface area contributed by atoms with E-state index in [9.17, 15) is 15.3 Å². The average molecular weight is 332 g/mol. The predicted molar refractivity (Wildman–Crippen MR) is 82.8 cm³/mol. The van der Waals surface area contributed by atoms with Gasteiger partial charge in [0.2, 0.25) is 5.69 Å². The lowest BCUT2D eigenvalue weighted by Gasteiger charge is -2.12. The van der Waals surface area contributed by atoms with Crippen LogP contribution in [0.3, 0.4) is 0 Å². The molecule has 0 radical (unpaired) electrons. The highest BCUT2D eigenvalue weighted by Gasteiger charge is 2.27. The van der Waals surface area contributed by atoms with E-state index in [0.29, 0.717) is 15.7 Å². The molecule has 1 unspecified atom stereocenters. The second-order valence-electron chi connectivity index (χ2n) is 5.14. The predicted octanol–water partition coefficient (Wildman–Crippen LogP) is -0.254. The highest BCUT2D eigenvalue weighted by molar-refractivity contribution is 5.79. The second kappa shape index (κ2) is 5.91. The van der Waals surface area contributed by atoms with E-state index in [1.54, 1.807) is 6.07 Å². The fraction of sp³-hybridized carbons (Fsp3) is 0.0667. The molecule has 1 heterocycles. The Labute approximate surface area is 135 Å². The summed E-state index contributed by atoms with van der Waals surface area (Å²) in [5.74, 6) is 0.521. The van der Waals surface area contributed by atoms with Crippen LogP contribution in [0.15, 0.2) is 42.5 Å². The molecule has 0 bridgehead atoms. The third kappa shape index (κ3) is 2.47. The fourth-order valence-corrected chi connectivity index (χ4v) is 2.52. The molecular weight excluding hydrogens is 316 g/mol. The first-order valence-electron chi connectivity index (χ1n) is 6.98. The van der Waals surface area contributed by atoms with Crippen LogP contribution in [0.5, 0.6) is 5.75 Å². The summed E-state index contributed by atoms with van der Waals surface area (Å²) in [6.45, 7) is 0. The lowest BCUT2D eigenvalue weighted by molar-refractivity contribution is -0.991. The number of fused-ring (bicyclic) bond motifs is 1. The molecule has 0 saturated carbocycles. The molecule has 0 fully saturated rings. The number of aromatic nitrogens is 2. The molecule has 3 rings (SSSR count). The second-order valence-corrected chi connectivity index (χ2v) is 5.14. The van der Waals surface area contributed by atoms with Crippen LogP contribution in [0, 0.1) is 10.1 Å². The van der Waals surface area contributed by atoms with Crippen LogP contribution in [0.1, 0.15) is 0 Å². The van der Waals surface area contributed by atoms with E-state index in [4.69, 9.17) is 9.94 Å². The summed E-state index contributed by atoms with van der Waals surface area (Å²) < 4.78 is 6.58. The van der Waals surface area contributed by atoms with Gasteiger partial charge in [-0.3, -0.25) is 5.73 Å². The zero-order valence-electron chi connectivity index (χ0n) is 12.8. The van der Waals surface area contributed by atoms with Crippen LogP contribution in [0.2, 0.25) is 0 Å². The number of nitrogens with zero attached hydrogens (tertiary/aromatic N) is 2. The lowest BCUT2D eigenvalue weighted by atomic mass is 10.1. The Hall–Kier alpha value is -2.98. The summed E-state index contributed by atoms with van der Waals surface area (Å²) in [7, 11) is 1.48. The highest BCUT2D eigenvalue weighted by atomic mass is 16.8. The van der Waals surface area contributed by atoms with Crippen molar-refractivity contribution < 1.29 is 30.5 Å². The Morgan fingerprint density at radius 2 is 1.92 bits per heavy atom. The van der Waals surface area contributed by atoms with Gasteiger partial charge in [-0.05, 0) is 18.2 Å². The van der Waals surface area contributed by atoms with E-state index in [1.807, 2.05) is 0 Å². The average Bonchev–Trinajstić information content (AvgIpc) is 2.60. The normalized spacial score (nSPS) is 12.3. The molecule has 2 aromatic carbocycles. The van der Waals surface area contributed by atoms with Crippen molar-refractivity contribution in [3.8, 4) is 17.0 Å². The number of ether oxygens (including phenoxy) is 1. The number of hydrogen-bond acceptors (Lipinski definition) is 5. The topological polar surface area (TPSA) is 133 Å². The molecule has 0 amide bonds. The third-order valence-electron chi connectivity index (χ3n) is 3.77. The van der Waals surface area contributed by atoms with E-state index in [2.05, 4.69) is 5.73 Å². The molecule has 9 heteroatoms. The molecule has 1 atom stereocenters. The van der Waals surface area contributed by atoms with Crippen molar-refractivity contribution in [2.45, 2.75) is 0 Å². The number of benzene rings is 2. The molecule has 124 valence electrons. The van der Waals surface area contributed by atoms with Crippen molar-refractivity contribution in [1.29, 1.82) is 0 Å². The Bertz CT molecular complexity index is 966. The summed E-state index contributed by atoms with van der Waals surface area (Å²) in [5, 5.41) is 29.4. The van der Waals surface area contributed by atoms with Gasteiger partial charge in [-0.15, -0.1) is 0 Å². The zero-order chi connectivity index (χ0) is 17.4. The maximum atomic E-state index is 12.4. The zero-order valence-corrected chi connectivity index (χ0v) is 12.8. The molecular formula is C15H16N4O5+2. The van der Waals surface area contributed by atoms with Crippen LogP contribution >= 0.6 is 0 Å². The summed E-state index contributed by atoms with van der Waals surface area (Å²) in [6.07, 6.45) is 0. The van der Waals surface area contributed by atoms with Crippen molar-refractivity contribution in [2.75, 3.05) is 7.11 Å². The maximum absolute atomic E-state index is 12.4. The number of quaternary nitrogens is 2. The smallest absolute Gasteiger partial charge is 0.446 e. The quantitative estimate of drug-likeness (QED) is 0.298. The molecule has 3 aromatic rings. The third-order valence-corrected chi connectivity index (χ3v) is 3.77. The maximum Gasteiger partial charge on any atom is 0.446 e. The summed E-state index contributed by atoms with van der Waals surface area (Å²) in [5.41, 5.74) is 4.94. The summed E-state index contributed by atoms with van der Waals surface area (Å²) in [6, 6.07) is 10.5. The van der Waals surface area contributed by atoms with Gasteiger partial charge in [0.25, 0.3) is 5.52 Å². The van der Waals surface area contributed by atoms with Crippen LogP contribution in [-0.4, -0.2) is 22.3 Å². The van der Waals surface area contributed by atoms with Gasteiger partial charge in [0.15, 0.2) is 11.2 Å². The van der Waals surface area contributed by atoms with Gasteiger partial charge in [-0.1, -0.05) is 0 Å². The number of hydrogen-bond donors (Lipinski definition) is 4. The first kappa shape index (κ1) is 15.9. The van der Waals surface area contributed by atoms with E-state index in [0.717, 1.165) is 4.73 Å². The van der Waals surface area contributed by atoms with Gasteiger partial charge in [-0.2, -0.15) is 9.96 Å². The van der Waals surface area contributed by atoms with Gasteiger partial charge >= 0.3 is 5.82 Å². The minimum Gasteiger partial charge on any atom is -0.595 e. The van der Waals surface area contributed by atoms with E-state index >= 15 is 0 Å². The summed E-state index contributed by atoms with van der Waals surface area (Å²) in [4.78, 5) is 12.4. The Morgan fingerprint density at radius 3 is 2.50 bits per heavy atom. The van der Waals surface area contributed by atoms with Gasteiger partial charge < -0.3 is 15.2 Å². The standard InChI is InChI=1S/C15H15N4O5/c1-24-11-6-7-12-13(8-11)17(20)14(15(16)18(12)21)9-2-4-10(5-3-9)19(22)23/h2-8,19-20,22H,16H2,1H3/q+1/p+1. The molecule has 0 aliphatic carbocycles. The molecule has 0 aliphatic heterocycles. The van der Waals surface area contributed by atoms with Crippen molar-refractivity contribution in [3.63, 3.8) is 0 Å². The Balaban J connectivity index is 2.29. The van der Waals surface area contributed by atoms with Gasteiger partial charge in [-0.25, -0.2) is 5.21 Å². The van der Waals surface area contributed by atoms with Gasteiger partial charge in [0.05, 0.1) is 7.11 Å². The SMILES string of the molecule is COc1ccc2c(c1)n(O)c(-c1ccc([NH+]([O-])O)cc1)c([NH3+])[n+]2=O. The fourth-order valence-electron chi connectivity index (χ4n) is 2.52. The van der Waals surface area contributed by atoms with Gasteiger partial charge in [0, 0.05) is 34.7 Å². The van der Waals surface area contributed by atoms with E-state index in [1.165, 1.54) is 43.5 Å². The molecule has 24 heavy (non-hydrogen) atoms. The van der Waals surface area contributed by atoms with Crippen LogP contribution in [0.4, 0.5) is 11.5 Å². The molecule has 0 saturated heterocycles. The molecule has 1 aromatic heterocycles. The lowest BCUT2D eigenvalue weighted by Crippen LogP contribution is -2.99. The number of rotatable bonds is 3. The van der Waals surface area contributed by atoms with Crippen molar-refractivity contribution in [3.05, 3.63) is 52.6 Å². The highest BCUT2D eigenvalue weighted by Crippen LogP contribution is 2.27. The van der Waals surface area contributed by atoms with Crippen molar-refractivity contribution >= 4 is 22.5 Å². The molecule has 9 nitrogen and oxygen atoms in total. The molecule has 6 N–H and O–H groups in total. The first-order valence-corrected chi connectivity index (χ1v) is 6.98. The molecule has 0 spiro atoms. The largest absolute Gasteiger partial charge is 0.595 e. The minimum atomic E-state index is -1.06. The number of nitrogens with one attached hydrogen (secondary N) is 1. The molecule has 0 aliphatic rings. The minimum absolute atomic E-state index is 0.0400. The van der Waals surface area contributed by atoms with Crippen molar-refractivity contribution in [2.24, 2.45) is 0 Å². The Morgan fingerprint density at radius 1 is 1.25 bits per heavy atom. The van der Waals surface area contributed by atoms with E-state index in [-0.39, 0.29) is 28.2 Å². The van der Waals surface area contributed by atoms with E-state index < -0.39 is 5.23 Å². The van der Waals surface area contributed by atoms with Crippen LogP contribution in [0.25, 0.3) is 22.3 Å². The Kier molecular flexibility index (Phi) is 3.91.